The zero-order valence-electron chi connectivity index (χ0n) is 22.9. The molecule has 0 radical (unpaired) electrons. The van der Waals surface area contributed by atoms with Crippen LogP contribution < -0.4 is 14.8 Å². The molecule has 2 amide bonds. The number of ether oxygens (including phenoxy) is 1. The summed E-state index contributed by atoms with van der Waals surface area (Å²) in [6.45, 7) is 6.92. The molecule has 3 aromatic rings. The molecular weight excluding hydrogens is 560 g/mol. The van der Waals surface area contributed by atoms with E-state index in [1.807, 2.05) is 29.0 Å². The topological polar surface area (TPSA) is 117 Å². The number of carbonyl (C=O) groups is 2. The van der Waals surface area contributed by atoms with Gasteiger partial charge in [-0.25, -0.2) is 4.72 Å². The number of nitrogens with one attached hydrogen (secondary N) is 2. The Bertz CT molecular complexity index is 1620. The molecule has 1 fully saturated rings. The molecule has 11 heteroatoms. The van der Waals surface area contributed by atoms with E-state index >= 15 is 0 Å². The number of amidine groups is 1. The molecule has 5 rings (SSSR count). The van der Waals surface area contributed by atoms with Crippen LogP contribution in [-0.4, -0.2) is 36.2 Å². The predicted octanol–water partition coefficient (Wildman–Crippen LogP) is 4.82. The van der Waals surface area contributed by atoms with Crippen molar-refractivity contribution >= 4 is 50.7 Å². The van der Waals surface area contributed by atoms with Gasteiger partial charge in [-0.3, -0.25) is 9.59 Å². The van der Waals surface area contributed by atoms with Gasteiger partial charge in [-0.05, 0) is 69.8 Å². The van der Waals surface area contributed by atoms with Gasteiger partial charge >= 0.3 is 10.2 Å². The van der Waals surface area contributed by atoms with Gasteiger partial charge in [-0.2, -0.15) is 17.7 Å². The zero-order valence-corrected chi connectivity index (χ0v) is 24.5. The molecule has 0 aromatic heterocycles. The highest BCUT2D eigenvalue weighted by molar-refractivity contribution is 8.18. The van der Waals surface area contributed by atoms with Crippen molar-refractivity contribution in [1.82, 2.24) is 9.03 Å². The summed E-state index contributed by atoms with van der Waals surface area (Å²) in [6, 6.07) is 23.0. The summed E-state index contributed by atoms with van der Waals surface area (Å²) in [5.41, 5.74) is 4.76. The molecule has 2 aliphatic rings. The van der Waals surface area contributed by atoms with E-state index in [2.05, 4.69) is 55.3 Å². The number of amides is 2. The second-order valence-corrected chi connectivity index (χ2v) is 13.5. The molecule has 0 bridgehead atoms. The van der Waals surface area contributed by atoms with E-state index in [-0.39, 0.29) is 24.4 Å². The number of aliphatic imine (C=N–C) groups is 1. The Morgan fingerprint density at radius 3 is 2.24 bits per heavy atom. The van der Waals surface area contributed by atoms with Crippen LogP contribution in [0.4, 0.5) is 5.69 Å². The molecule has 0 spiro atoms. The molecular formula is C30H30N4O5S2. The van der Waals surface area contributed by atoms with Crippen molar-refractivity contribution in [2.45, 2.75) is 39.3 Å². The molecule has 41 heavy (non-hydrogen) atoms. The fraction of sp³-hybridized carbons (Fsp3) is 0.233. The number of rotatable bonds is 7. The first-order valence-electron chi connectivity index (χ1n) is 13.0. The summed E-state index contributed by atoms with van der Waals surface area (Å²) in [4.78, 5) is 28.5. The van der Waals surface area contributed by atoms with Gasteiger partial charge in [0.05, 0.1) is 11.4 Å². The first-order valence-corrected chi connectivity index (χ1v) is 15.2. The van der Waals surface area contributed by atoms with Crippen molar-refractivity contribution in [2.75, 3.05) is 11.9 Å². The van der Waals surface area contributed by atoms with Gasteiger partial charge in [0.15, 0.2) is 5.17 Å². The van der Waals surface area contributed by atoms with Crippen LogP contribution in [0.3, 0.4) is 0 Å². The molecule has 0 saturated carbocycles. The summed E-state index contributed by atoms with van der Waals surface area (Å²) >= 11 is 1.24. The number of benzene rings is 3. The van der Waals surface area contributed by atoms with Crippen LogP contribution in [0.15, 0.2) is 82.7 Å². The summed E-state index contributed by atoms with van der Waals surface area (Å²) in [7, 11) is -3.78. The minimum atomic E-state index is -3.78. The van der Waals surface area contributed by atoms with Gasteiger partial charge in [-0.15, -0.1) is 0 Å². The fourth-order valence-electron chi connectivity index (χ4n) is 4.19. The first-order chi connectivity index (χ1) is 19.4. The van der Waals surface area contributed by atoms with E-state index in [0.717, 1.165) is 26.7 Å². The molecule has 2 aliphatic heterocycles. The van der Waals surface area contributed by atoms with E-state index in [0.29, 0.717) is 22.4 Å². The second kappa shape index (κ2) is 11.5. The van der Waals surface area contributed by atoms with Gasteiger partial charge in [0.1, 0.15) is 12.4 Å². The Labute approximate surface area is 243 Å². The number of nitrogens with zero attached hydrogens (tertiary/aromatic N) is 2. The molecule has 2 heterocycles. The van der Waals surface area contributed by atoms with E-state index in [1.54, 1.807) is 30.3 Å². The van der Waals surface area contributed by atoms with Crippen molar-refractivity contribution in [2.24, 2.45) is 4.99 Å². The van der Waals surface area contributed by atoms with E-state index in [1.165, 1.54) is 17.3 Å². The van der Waals surface area contributed by atoms with Gasteiger partial charge < -0.3 is 10.1 Å². The Kier molecular flexibility index (Phi) is 8.03. The van der Waals surface area contributed by atoms with Crippen molar-refractivity contribution in [3.8, 4) is 5.75 Å². The van der Waals surface area contributed by atoms with Gasteiger partial charge in [0.25, 0.3) is 5.91 Å². The van der Waals surface area contributed by atoms with E-state index in [4.69, 9.17) is 4.74 Å². The smallest absolute Gasteiger partial charge is 0.304 e. The van der Waals surface area contributed by atoms with E-state index < -0.39 is 16.1 Å². The number of hydrogen-bond acceptors (Lipinski definition) is 7. The molecule has 0 aliphatic carbocycles. The third-order valence-electron chi connectivity index (χ3n) is 6.49. The second-order valence-electron chi connectivity index (χ2n) is 10.8. The summed E-state index contributed by atoms with van der Waals surface area (Å²) in [5, 5.41) is 3.56. The lowest BCUT2D eigenvalue weighted by molar-refractivity contribution is -0.118. The number of carbonyl (C=O) groups excluding carboxylic acids is 2. The van der Waals surface area contributed by atoms with Crippen LogP contribution in [0.1, 0.15) is 43.0 Å². The molecule has 212 valence electrons. The average molecular weight is 591 g/mol. The fourth-order valence-corrected chi connectivity index (χ4v) is 6.11. The van der Waals surface area contributed by atoms with Gasteiger partial charge in [0.2, 0.25) is 5.91 Å². The molecule has 2 N–H and O–H groups in total. The van der Waals surface area contributed by atoms with E-state index in [9.17, 15) is 18.0 Å². The highest BCUT2D eigenvalue weighted by Gasteiger charge is 2.33. The maximum atomic E-state index is 12.5. The van der Waals surface area contributed by atoms with Crippen LogP contribution in [-0.2, 0) is 38.4 Å². The highest BCUT2D eigenvalue weighted by Crippen LogP contribution is 2.30. The third kappa shape index (κ3) is 7.24. The Hall–Kier alpha value is -3.93. The van der Waals surface area contributed by atoms with Crippen LogP contribution in [0.25, 0.3) is 6.08 Å². The summed E-state index contributed by atoms with van der Waals surface area (Å²) in [6.07, 6.45) is 1.79. The lowest BCUT2D eigenvalue weighted by Gasteiger charge is -2.19. The van der Waals surface area contributed by atoms with Crippen molar-refractivity contribution < 1.29 is 22.7 Å². The lowest BCUT2D eigenvalue weighted by Crippen LogP contribution is -2.29. The standard InChI is InChI=1S/C30H30N4O5S2/c1-30(2,3)23-10-4-22(5-11-23)19-39-25-14-8-20(9-15-25)16-26-28(36)32-29(40-26)31-24-12-6-21(7-13-24)17-34-18-27(35)33-41(34,37)38/h4-16H,17-19H2,1-3H3,(H,33,35)(H,31,32,36). The minimum absolute atomic E-state index is 0.0802. The summed E-state index contributed by atoms with van der Waals surface area (Å²) in [5.74, 6) is -0.135. The Balaban J connectivity index is 1.13. The number of hydrogen-bond donors (Lipinski definition) is 2. The minimum Gasteiger partial charge on any atom is -0.489 e. The van der Waals surface area contributed by atoms with Crippen molar-refractivity contribution in [3.63, 3.8) is 0 Å². The molecule has 1 saturated heterocycles. The molecule has 0 unspecified atom stereocenters. The summed E-state index contributed by atoms with van der Waals surface area (Å²) < 4.78 is 32.8. The van der Waals surface area contributed by atoms with Crippen molar-refractivity contribution in [1.29, 1.82) is 0 Å². The lowest BCUT2D eigenvalue weighted by atomic mass is 9.87. The normalized spacial score (nSPS) is 17.9. The maximum Gasteiger partial charge on any atom is 0.304 e. The van der Waals surface area contributed by atoms with Crippen LogP contribution in [0.5, 0.6) is 5.75 Å². The SMILES string of the molecule is CC(C)(C)c1ccc(COc2ccc(C=C3SC(Nc4ccc(CN5CC(=O)NS5(=O)=O)cc4)=NC3=O)cc2)cc1. The largest absolute Gasteiger partial charge is 0.489 e. The van der Waals surface area contributed by atoms with Gasteiger partial charge in [-0.1, -0.05) is 69.3 Å². The third-order valence-corrected chi connectivity index (χ3v) is 8.81. The zero-order chi connectivity index (χ0) is 29.2. The van der Waals surface area contributed by atoms with Crippen molar-refractivity contribution in [3.05, 3.63) is 100.0 Å². The number of thioether (sulfide) groups is 1. The van der Waals surface area contributed by atoms with Crippen LogP contribution in [0.2, 0.25) is 0 Å². The Morgan fingerprint density at radius 1 is 0.976 bits per heavy atom. The predicted molar refractivity (Wildman–Crippen MR) is 161 cm³/mol. The van der Waals surface area contributed by atoms with Gasteiger partial charge in [0, 0.05) is 12.2 Å². The quantitative estimate of drug-likeness (QED) is 0.379. The number of anilines is 1. The average Bonchev–Trinajstić information content (AvgIpc) is 3.39. The molecule has 3 aromatic carbocycles. The first kappa shape index (κ1) is 28.6. The van der Waals surface area contributed by atoms with Crippen LogP contribution in [0, 0.1) is 0 Å². The van der Waals surface area contributed by atoms with Crippen LogP contribution >= 0.6 is 11.8 Å². The maximum absolute atomic E-state index is 12.5. The highest BCUT2D eigenvalue weighted by atomic mass is 32.2. The Morgan fingerprint density at radius 2 is 1.63 bits per heavy atom. The molecule has 0 atom stereocenters. The monoisotopic (exact) mass is 590 g/mol. The molecule has 9 nitrogen and oxygen atoms in total.